The second kappa shape index (κ2) is 8.40. The average molecular weight is 456 g/mol. The molecule has 8 nitrogen and oxygen atoms in total. The molecular formula is C23H25N3O5S. The molecule has 168 valence electrons. The fraction of sp³-hybridized carbons (Fsp3) is 0.304. The number of esters is 1. The van der Waals surface area contributed by atoms with Gasteiger partial charge in [0.15, 0.2) is 6.10 Å². The van der Waals surface area contributed by atoms with E-state index in [0.717, 1.165) is 30.2 Å². The van der Waals surface area contributed by atoms with Gasteiger partial charge in [0.25, 0.3) is 5.91 Å². The van der Waals surface area contributed by atoms with Gasteiger partial charge in [0.05, 0.1) is 10.5 Å². The molecule has 32 heavy (non-hydrogen) atoms. The summed E-state index contributed by atoms with van der Waals surface area (Å²) in [6.07, 6.45) is 2.07. The number of benzene rings is 2. The molecule has 0 bridgehead atoms. The lowest BCUT2D eigenvalue weighted by Crippen LogP contribution is -2.30. The first-order valence-corrected chi connectivity index (χ1v) is 11.9. The van der Waals surface area contributed by atoms with E-state index < -0.39 is 28.0 Å². The standard InChI is InChI=1S/C23H25N3O5S/c1-13-3-9-20-18(11-13)19-12-15(4-10-21(19)26-20)23(28)31-14(2)22(27)25-16-5-7-17(8-6-16)32(24,29)30/h4-8,10,12-14,26H,3,9,11H2,1-2H3,(H,25,27)(H2,24,29,30). The van der Waals surface area contributed by atoms with Gasteiger partial charge in [-0.05, 0) is 80.1 Å². The predicted octanol–water partition coefficient (Wildman–Crippen LogP) is 3.12. The molecule has 0 fully saturated rings. The van der Waals surface area contributed by atoms with Crippen LogP contribution in [-0.4, -0.2) is 31.4 Å². The maximum absolute atomic E-state index is 12.7. The number of ether oxygens (including phenoxy) is 1. The van der Waals surface area contributed by atoms with E-state index in [1.54, 1.807) is 6.07 Å². The molecule has 0 saturated heterocycles. The number of carbonyl (C=O) groups excluding carboxylic acids is 2. The van der Waals surface area contributed by atoms with Gasteiger partial charge in [0.1, 0.15) is 0 Å². The molecule has 4 rings (SSSR count). The Labute approximate surface area is 186 Å². The van der Waals surface area contributed by atoms with Crippen LogP contribution in [0.3, 0.4) is 0 Å². The summed E-state index contributed by atoms with van der Waals surface area (Å²) in [6, 6.07) is 10.8. The van der Waals surface area contributed by atoms with Crippen LogP contribution in [0.25, 0.3) is 10.9 Å². The highest BCUT2D eigenvalue weighted by molar-refractivity contribution is 7.89. The van der Waals surface area contributed by atoms with Crippen LogP contribution in [0.15, 0.2) is 47.4 Å². The molecule has 9 heteroatoms. The number of aryl methyl sites for hydroxylation is 1. The lowest BCUT2D eigenvalue weighted by Gasteiger charge is -2.18. The number of aromatic nitrogens is 1. The molecule has 2 unspecified atom stereocenters. The number of aromatic amines is 1. The zero-order valence-corrected chi connectivity index (χ0v) is 18.7. The van der Waals surface area contributed by atoms with Crippen molar-refractivity contribution in [3.05, 3.63) is 59.3 Å². The summed E-state index contributed by atoms with van der Waals surface area (Å²) in [6.45, 7) is 3.70. The van der Waals surface area contributed by atoms with Crippen LogP contribution in [0, 0.1) is 5.92 Å². The molecule has 1 amide bonds. The maximum Gasteiger partial charge on any atom is 0.338 e. The number of nitrogens with two attached hydrogens (primary N) is 1. The number of H-pyrrole nitrogens is 1. The monoisotopic (exact) mass is 455 g/mol. The van der Waals surface area contributed by atoms with E-state index in [-0.39, 0.29) is 4.90 Å². The summed E-state index contributed by atoms with van der Waals surface area (Å²) < 4.78 is 28.0. The summed E-state index contributed by atoms with van der Waals surface area (Å²) in [5.41, 5.74) is 4.22. The molecule has 2 aromatic carbocycles. The van der Waals surface area contributed by atoms with Crippen molar-refractivity contribution in [1.29, 1.82) is 0 Å². The lowest BCUT2D eigenvalue weighted by molar-refractivity contribution is -0.123. The number of nitrogens with one attached hydrogen (secondary N) is 2. The van der Waals surface area contributed by atoms with Crippen LogP contribution >= 0.6 is 0 Å². The van der Waals surface area contributed by atoms with Gasteiger partial charge in [-0.15, -0.1) is 0 Å². The first-order valence-electron chi connectivity index (χ1n) is 10.4. The number of hydrogen-bond donors (Lipinski definition) is 3. The van der Waals surface area contributed by atoms with Crippen molar-refractivity contribution in [1.82, 2.24) is 4.98 Å². The Kier molecular flexibility index (Phi) is 5.79. The average Bonchev–Trinajstić information content (AvgIpc) is 3.10. The normalized spacial score (nSPS) is 16.9. The van der Waals surface area contributed by atoms with Gasteiger partial charge < -0.3 is 15.0 Å². The van der Waals surface area contributed by atoms with E-state index in [1.807, 2.05) is 12.1 Å². The minimum absolute atomic E-state index is 0.0632. The Hall–Kier alpha value is -3.17. The maximum atomic E-state index is 12.7. The zero-order chi connectivity index (χ0) is 23.0. The minimum atomic E-state index is -3.82. The van der Waals surface area contributed by atoms with E-state index in [1.165, 1.54) is 42.4 Å². The van der Waals surface area contributed by atoms with E-state index in [0.29, 0.717) is 17.2 Å². The van der Waals surface area contributed by atoms with Crippen molar-refractivity contribution in [2.45, 2.75) is 44.1 Å². The minimum Gasteiger partial charge on any atom is -0.449 e. The second-order valence-corrected chi connectivity index (χ2v) is 9.86. The SMILES string of the molecule is CC1CCc2[nH]c3ccc(C(=O)OC(C)C(=O)Nc4ccc(S(N)(=O)=O)cc4)cc3c2C1. The van der Waals surface area contributed by atoms with E-state index in [2.05, 4.69) is 17.2 Å². The third kappa shape index (κ3) is 4.53. The van der Waals surface area contributed by atoms with Crippen molar-refractivity contribution >= 4 is 38.5 Å². The Morgan fingerprint density at radius 2 is 1.91 bits per heavy atom. The number of anilines is 1. The van der Waals surface area contributed by atoms with Gasteiger partial charge in [-0.3, -0.25) is 4.79 Å². The molecule has 4 N–H and O–H groups in total. The van der Waals surface area contributed by atoms with Gasteiger partial charge in [0, 0.05) is 22.3 Å². The van der Waals surface area contributed by atoms with Gasteiger partial charge in [-0.1, -0.05) is 6.92 Å². The molecule has 1 aliphatic carbocycles. The van der Waals surface area contributed by atoms with E-state index in [9.17, 15) is 18.0 Å². The lowest BCUT2D eigenvalue weighted by atomic mass is 9.87. The van der Waals surface area contributed by atoms with E-state index in [4.69, 9.17) is 9.88 Å². The van der Waals surface area contributed by atoms with Crippen molar-refractivity contribution < 1.29 is 22.7 Å². The van der Waals surface area contributed by atoms with Crippen molar-refractivity contribution in [2.24, 2.45) is 11.1 Å². The van der Waals surface area contributed by atoms with Crippen LogP contribution in [-0.2, 0) is 32.4 Å². The largest absolute Gasteiger partial charge is 0.449 e. The van der Waals surface area contributed by atoms with E-state index >= 15 is 0 Å². The Morgan fingerprint density at radius 3 is 2.59 bits per heavy atom. The Morgan fingerprint density at radius 1 is 1.19 bits per heavy atom. The van der Waals surface area contributed by atoms with Crippen LogP contribution in [0.4, 0.5) is 5.69 Å². The van der Waals surface area contributed by atoms with Gasteiger partial charge >= 0.3 is 5.97 Å². The molecule has 1 aromatic heterocycles. The van der Waals surface area contributed by atoms with Crippen LogP contribution in [0.1, 0.15) is 41.9 Å². The number of hydrogen-bond acceptors (Lipinski definition) is 5. The molecular weight excluding hydrogens is 430 g/mol. The number of sulfonamides is 1. The summed E-state index contributed by atoms with van der Waals surface area (Å²) >= 11 is 0. The number of amides is 1. The number of primary sulfonamides is 1. The summed E-state index contributed by atoms with van der Waals surface area (Å²) in [5, 5.41) is 8.68. The molecule has 3 aromatic rings. The number of fused-ring (bicyclic) bond motifs is 3. The fourth-order valence-corrected chi connectivity index (χ4v) is 4.49. The molecule has 0 radical (unpaired) electrons. The Bertz CT molecular complexity index is 1300. The molecule has 2 atom stereocenters. The van der Waals surface area contributed by atoms with Crippen molar-refractivity contribution in [3.63, 3.8) is 0 Å². The summed E-state index contributed by atoms with van der Waals surface area (Å²) in [5.74, 6) is -0.520. The second-order valence-electron chi connectivity index (χ2n) is 8.30. The highest BCUT2D eigenvalue weighted by atomic mass is 32.2. The quantitative estimate of drug-likeness (QED) is 0.509. The molecule has 1 aliphatic rings. The van der Waals surface area contributed by atoms with Crippen molar-refractivity contribution in [3.8, 4) is 0 Å². The highest BCUT2D eigenvalue weighted by Gasteiger charge is 2.23. The summed E-state index contributed by atoms with van der Waals surface area (Å²) in [4.78, 5) is 28.5. The third-order valence-corrected chi connectivity index (χ3v) is 6.70. The smallest absolute Gasteiger partial charge is 0.338 e. The summed E-state index contributed by atoms with van der Waals surface area (Å²) in [7, 11) is -3.82. The molecule has 0 saturated carbocycles. The number of rotatable bonds is 5. The highest BCUT2D eigenvalue weighted by Crippen LogP contribution is 2.32. The molecule has 0 aliphatic heterocycles. The molecule has 0 spiro atoms. The van der Waals surface area contributed by atoms with Gasteiger partial charge in [-0.25, -0.2) is 18.4 Å². The van der Waals surface area contributed by atoms with Gasteiger partial charge in [0.2, 0.25) is 10.0 Å². The topological polar surface area (TPSA) is 131 Å². The Balaban J connectivity index is 1.44. The third-order valence-electron chi connectivity index (χ3n) is 5.77. The van der Waals surface area contributed by atoms with Crippen molar-refractivity contribution in [2.75, 3.05) is 5.32 Å². The predicted molar refractivity (Wildman–Crippen MR) is 121 cm³/mol. The first kappa shape index (κ1) is 22.0. The van der Waals surface area contributed by atoms with Crippen LogP contribution in [0.2, 0.25) is 0 Å². The number of carbonyl (C=O) groups is 2. The first-order chi connectivity index (χ1) is 15.1. The van der Waals surface area contributed by atoms with Gasteiger partial charge in [-0.2, -0.15) is 0 Å². The fourth-order valence-electron chi connectivity index (χ4n) is 3.97. The van der Waals surface area contributed by atoms with Crippen LogP contribution in [0.5, 0.6) is 0 Å². The zero-order valence-electron chi connectivity index (χ0n) is 17.8. The molecule has 1 heterocycles. The van der Waals surface area contributed by atoms with Crippen LogP contribution < -0.4 is 10.5 Å².